The number of benzene rings is 1. The zero-order chi connectivity index (χ0) is 17.9. The van der Waals surface area contributed by atoms with Crippen molar-refractivity contribution in [3.05, 3.63) is 46.7 Å². The van der Waals surface area contributed by atoms with Crippen LogP contribution >= 0.6 is 15.9 Å². The molecule has 0 fully saturated rings. The van der Waals surface area contributed by atoms with Gasteiger partial charge >= 0.3 is 6.09 Å². The third kappa shape index (κ3) is 4.61. The summed E-state index contributed by atoms with van der Waals surface area (Å²) in [6, 6.07) is 6.51. The molecule has 1 unspecified atom stereocenters. The molecular weight excluding hydrogens is 374 g/mol. The molecule has 1 aromatic carbocycles. The number of nitrogens with one attached hydrogen (secondary N) is 1. The van der Waals surface area contributed by atoms with Crippen molar-refractivity contribution in [2.45, 2.75) is 26.8 Å². The van der Waals surface area contributed by atoms with E-state index in [2.05, 4.69) is 26.2 Å². The van der Waals surface area contributed by atoms with Crippen molar-refractivity contribution in [3.8, 4) is 11.5 Å². The molecule has 6 nitrogen and oxygen atoms in total. The summed E-state index contributed by atoms with van der Waals surface area (Å²) in [5.41, 5.74) is 6.89. The van der Waals surface area contributed by atoms with Crippen molar-refractivity contribution in [2.75, 3.05) is 5.73 Å². The quantitative estimate of drug-likeness (QED) is 0.660. The highest BCUT2D eigenvalue weighted by molar-refractivity contribution is 9.10. The first kappa shape index (κ1) is 18.1. The molecule has 1 aromatic heterocycles. The Morgan fingerprint density at radius 2 is 2.00 bits per heavy atom. The van der Waals surface area contributed by atoms with Crippen LogP contribution in [0, 0.1) is 5.41 Å². The van der Waals surface area contributed by atoms with Crippen LogP contribution in [0.25, 0.3) is 0 Å². The van der Waals surface area contributed by atoms with E-state index >= 15 is 0 Å². The second kappa shape index (κ2) is 7.09. The molecule has 7 heteroatoms. The zero-order valence-corrected chi connectivity index (χ0v) is 15.3. The Morgan fingerprint density at radius 3 is 2.58 bits per heavy atom. The average Bonchev–Trinajstić information content (AvgIpc) is 2.46. The van der Waals surface area contributed by atoms with Crippen molar-refractivity contribution >= 4 is 27.7 Å². The van der Waals surface area contributed by atoms with Gasteiger partial charge in [-0.15, -0.1) is 0 Å². The molecule has 4 N–H and O–H groups in total. The number of hydrogen-bond donors (Lipinski definition) is 3. The number of carbonyl (C=O) groups is 1. The number of anilines is 1. The predicted octanol–water partition coefficient (Wildman–Crippen LogP) is 4.57. The number of ether oxygens (including phenoxy) is 1. The van der Waals surface area contributed by atoms with Gasteiger partial charge < -0.3 is 20.9 Å². The van der Waals surface area contributed by atoms with Crippen molar-refractivity contribution in [3.63, 3.8) is 0 Å². The molecule has 0 saturated heterocycles. The Kier molecular flexibility index (Phi) is 5.33. The lowest BCUT2D eigenvalue weighted by Crippen LogP contribution is -2.36. The Balaban J connectivity index is 2.38. The van der Waals surface area contributed by atoms with Gasteiger partial charge in [-0.25, -0.2) is 4.79 Å². The first-order chi connectivity index (χ1) is 11.2. The summed E-state index contributed by atoms with van der Waals surface area (Å²) in [5.74, 6) is 1.12. The third-order valence-corrected chi connectivity index (χ3v) is 3.85. The number of nitrogens with zero attached hydrogens (tertiary/aromatic N) is 1. The van der Waals surface area contributed by atoms with Crippen LogP contribution in [0.4, 0.5) is 10.5 Å². The van der Waals surface area contributed by atoms with Crippen molar-refractivity contribution < 1.29 is 14.6 Å². The Hall–Kier alpha value is -2.28. The van der Waals surface area contributed by atoms with Gasteiger partial charge in [0.2, 0.25) is 0 Å². The number of halogens is 1. The van der Waals surface area contributed by atoms with E-state index in [0.29, 0.717) is 22.7 Å². The summed E-state index contributed by atoms with van der Waals surface area (Å²) in [7, 11) is 0. The summed E-state index contributed by atoms with van der Waals surface area (Å²) < 4.78 is 6.60. The monoisotopic (exact) mass is 393 g/mol. The molecular formula is C17H20BrN3O3. The van der Waals surface area contributed by atoms with Gasteiger partial charge in [-0.05, 0) is 45.6 Å². The minimum Gasteiger partial charge on any atom is -0.465 e. The van der Waals surface area contributed by atoms with Crippen LogP contribution < -0.4 is 15.8 Å². The summed E-state index contributed by atoms with van der Waals surface area (Å²) in [5, 5.41) is 11.7. The highest BCUT2D eigenvalue weighted by Crippen LogP contribution is 2.38. The molecule has 0 radical (unpaired) electrons. The molecule has 0 aliphatic rings. The Bertz CT molecular complexity index is 744. The van der Waals surface area contributed by atoms with Gasteiger partial charge in [0.15, 0.2) is 0 Å². The Morgan fingerprint density at radius 1 is 1.29 bits per heavy atom. The summed E-state index contributed by atoms with van der Waals surface area (Å²) in [6.45, 7) is 5.83. The molecule has 0 saturated carbocycles. The molecule has 1 amide bonds. The van der Waals surface area contributed by atoms with Crippen LogP contribution in [0.5, 0.6) is 11.5 Å². The molecule has 0 spiro atoms. The van der Waals surface area contributed by atoms with Gasteiger partial charge in [-0.1, -0.05) is 20.8 Å². The zero-order valence-electron chi connectivity index (χ0n) is 13.7. The lowest BCUT2D eigenvalue weighted by molar-refractivity contribution is 0.175. The van der Waals surface area contributed by atoms with Crippen molar-refractivity contribution in [1.29, 1.82) is 0 Å². The number of nitrogen functional groups attached to an aromatic ring is 1. The van der Waals surface area contributed by atoms with Gasteiger partial charge in [-0.2, -0.15) is 0 Å². The fourth-order valence-electron chi connectivity index (χ4n) is 2.33. The van der Waals surface area contributed by atoms with E-state index < -0.39 is 12.1 Å². The molecule has 0 bridgehead atoms. The molecule has 24 heavy (non-hydrogen) atoms. The SMILES string of the molecule is CC(C)(C)C(NC(=O)O)c1cc(Oc2cncc(Br)c2)ccc1N. The summed E-state index contributed by atoms with van der Waals surface area (Å²) in [4.78, 5) is 15.2. The topological polar surface area (TPSA) is 97.5 Å². The van der Waals surface area contributed by atoms with Crippen molar-refractivity contribution in [2.24, 2.45) is 5.41 Å². The smallest absolute Gasteiger partial charge is 0.405 e. The maximum Gasteiger partial charge on any atom is 0.405 e. The van der Waals surface area contributed by atoms with E-state index in [0.717, 1.165) is 4.47 Å². The highest BCUT2D eigenvalue weighted by Gasteiger charge is 2.29. The number of carboxylic acid groups (broad SMARTS) is 1. The van der Waals surface area contributed by atoms with Gasteiger partial charge in [-0.3, -0.25) is 4.98 Å². The van der Waals surface area contributed by atoms with Gasteiger partial charge in [0.05, 0.1) is 12.2 Å². The fourth-order valence-corrected chi connectivity index (χ4v) is 2.68. The van der Waals surface area contributed by atoms with E-state index in [1.54, 1.807) is 36.7 Å². The van der Waals surface area contributed by atoms with Crippen LogP contribution in [0.1, 0.15) is 32.4 Å². The van der Waals surface area contributed by atoms with Crippen LogP contribution in [0.3, 0.4) is 0 Å². The normalized spacial score (nSPS) is 12.5. The van der Waals surface area contributed by atoms with Gasteiger partial charge in [0.25, 0.3) is 0 Å². The molecule has 1 heterocycles. The average molecular weight is 394 g/mol. The number of amides is 1. The second-order valence-electron chi connectivity index (χ2n) is 6.48. The van der Waals surface area contributed by atoms with E-state index in [1.165, 1.54) is 0 Å². The minimum absolute atomic E-state index is 0.359. The molecule has 2 aromatic rings. The minimum atomic E-state index is -1.10. The maximum atomic E-state index is 11.2. The molecule has 128 valence electrons. The standard InChI is InChI=1S/C17H20BrN3O3/c1-17(2,3)15(21-16(22)23)13-7-11(4-5-14(13)19)24-12-6-10(18)8-20-9-12/h4-9,15,21H,19H2,1-3H3,(H,22,23). The third-order valence-electron chi connectivity index (χ3n) is 3.42. The van der Waals surface area contributed by atoms with Crippen LogP contribution in [-0.2, 0) is 0 Å². The highest BCUT2D eigenvalue weighted by atomic mass is 79.9. The largest absolute Gasteiger partial charge is 0.465 e. The molecule has 0 aliphatic carbocycles. The number of pyridine rings is 1. The van der Waals surface area contributed by atoms with E-state index in [9.17, 15) is 4.79 Å². The summed E-state index contributed by atoms with van der Waals surface area (Å²) in [6.07, 6.45) is 2.16. The van der Waals surface area contributed by atoms with Crippen molar-refractivity contribution in [1.82, 2.24) is 10.3 Å². The molecule has 0 aliphatic heterocycles. The van der Waals surface area contributed by atoms with E-state index in [4.69, 9.17) is 15.6 Å². The molecule has 2 rings (SSSR count). The fraction of sp³-hybridized carbons (Fsp3) is 0.294. The first-order valence-electron chi connectivity index (χ1n) is 7.34. The van der Waals surface area contributed by atoms with E-state index in [-0.39, 0.29) is 5.41 Å². The van der Waals surface area contributed by atoms with Crippen LogP contribution in [0.2, 0.25) is 0 Å². The maximum absolute atomic E-state index is 11.2. The Labute approximate surface area is 149 Å². The van der Waals surface area contributed by atoms with E-state index in [1.807, 2.05) is 20.8 Å². The lowest BCUT2D eigenvalue weighted by atomic mass is 9.81. The first-order valence-corrected chi connectivity index (χ1v) is 8.13. The van der Waals surface area contributed by atoms with Gasteiger partial charge in [0, 0.05) is 21.9 Å². The lowest BCUT2D eigenvalue weighted by Gasteiger charge is -2.32. The number of aromatic nitrogens is 1. The van der Waals surface area contributed by atoms with Crippen LogP contribution in [-0.4, -0.2) is 16.2 Å². The predicted molar refractivity (Wildman–Crippen MR) is 96.2 cm³/mol. The number of rotatable bonds is 4. The number of nitrogens with two attached hydrogens (primary N) is 1. The van der Waals surface area contributed by atoms with Gasteiger partial charge in [0.1, 0.15) is 11.5 Å². The summed E-state index contributed by atoms with van der Waals surface area (Å²) >= 11 is 3.34. The van der Waals surface area contributed by atoms with Crippen LogP contribution in [0.15, 0.2) is 41.1 Å². The second-order valence-corrected chi connectivity index (χ2v) is 7.40. The number of hydrogen-bond acceptors (Lipinski definition) is 4. The molecule has 1 atom stereocenters.